The summed E-state index contributed by atoms with van der Waals surface area (Å²) in [6.45, 7) is 0. The van der Waals surface area contributed by atoms with E-state index in [-0.39, 0.29) is 92.0 Å². The second-order valence-electron chi connectivity index (χ2n) is 0. The van der Waals surface area contributed by atoms with Gasteiger partial charge >= 0.3 is 65.0 Å². The molecule has 0 aliphatic rings. The molecule has 0 nitrogen and oxygen atoms in total. The van der Waals surface area contributed by atoms with Crippen LogP contribution in [0, 0.1) is 0 Å². The topological polar surface area (TPSA) is 0 Å². The SMILES string of the molecule is [Ca+2].[Pb+2].[S-2].[S-2]. The zero-order chi connectivity index (χ0) is 0. The molecule has 4 heteroatoms. The Morgan fingerprint density at radius 3 is 0.750 bits per heavy atom. The predicted octanol–water partition coefficient (Wildman–Crippen LogP) is -0.766. The maximum Gasteiger partial charge on any atom is 2.00 e. The monoisotopic (exact) mass is 312 g/mol. The summed E-state index contributed by atoms with van der Waals surface area (Å²) < 4.78 is 0. The van der Waals surface area contributed by atoms with E-state index in [4.69, 9.17) is 0 Å². The molecular formula is CaPbS2. The second-order valence-corrected chi connectivity index (χ2v) is 0. The standard InChI is InChI=1S/Ca.Pb.2S/q2*+2;2*-2. The van der Waals surface area contributed by atoms with Gasteiger partial charge in [0.05, 0.1) is 0 Å². The fourth-order valence-electron chi connectivity index (χ4n) is 0. The average Bonchev–Trinajstić information content (AvgIpc) is 0. The molecule has 18 valence electrons. The Hall–Kier alpha value is 2.88. The molecule has 0 heterocycles. The summed E-state index contributed by atoms with van der Waals surface area (Å²) in [7, 11) is 0. The molecule has 0 unspecified atom stereocenters. The van der Waals surface area contributed by atoms with Crippen molar-refractivity contribution in [1.82, 2.24) is 0 Å². The zero-order valence-corrected chi connectivity index (χ0v) is 9.75. The van der Waals surface area contributed by atoms with Crippen LogP contribution < -0.4 is 0 Å². The van der Waals surface area contributed by atoms with E-state index in [1.807, 2.05) is 0 Å². The van der Waals surface area contributed by atoms with Crippen LogP contribution in [0.3, 0.4) is 0 Å². The minimum absolute atomic E-state index is 0. The maximum absolute atomic E-state index is 0. The fraction of sp³-hybridized carbons (Fsp3) is 0. The summed E-state index contributed by atoms with van der Waals surface area (Å²) in [6, 6.07) is 0. The van der Waals surface area contributed by atoms with Crippen LogP contribution in [0.1, 0.15) is 0 Å². The number of rotatable bonds is 0. The Bertz CT molecular complexity index is 6.00. The van der Waals surface area contributed by atoms with Crippen molar-refractivity contribution in [2.75, 3.05) is 0 Å². The van der Waals surface area contributed by atoms with Crippen molar-refractivity contribution in [2.45, 2.75) is 0 Å². The van der Waals surface area contributed by atoms with E-state index >= 15 is 0 Å². The van der Waals surface area contributed by atoms with Crippen LogP contribution in [0.15, 0.2) is 0 Å². The Balaban J connectivity index is 0. The molecule has 0 amide bonds. The van der Waals surface area contributed by atoms with Gasteiger partial charge in [-0.15, -0.1) is 0 Å². The van der Waals surface area contributed by atoms with Gasteiger partial charge in [-0.3, -0.25) is 0 Å². The molecule has 0 rings (SSSR count). The summed E-state index contributed by atoms with van der Waals surface area (Å²) in [4.78, 5) is 0. The van der Waals surface area contributed by atoms with Gasteiger partial charge in [0.15, 0.2) is 0 Å². The van der Waals surface area contributed by atoms with Crippen LogP contribution in [0.2, 0.25) is 0 Å². The van der Waals surface area contributed by atoms with Gasteiger partial charge < -0.3 is 27.0 Å². The predicted molar refractivity (Wildman–Crippen MR) is 26.2 cm³/mol. The molecule has 0 atom stereocenters. The first-order valence-electron chi connectivity index (χ1n) is 0. The Labute approximate surface area is 90.2 Å². The summed E-state index contributed by atoms with van der Waals surface area (Å²) in [5.41, 5.74) is 0. The second kappa shape index (κ2) is 16.9. The number of hydrogen-bond donors (Lipinski definition) is 0. The molecule has 0 aliphatic carbocycles. The van der Waals surface area contributed by atoms with E-state index in [1.54, 1.807) is 0 Å². The quantitative estimate of drug-likeness (QED) is 0.516. The third-order valence-corrected chi connectivity index (χ3v) is 0. The van der Waals surface area contributed by atoms with Gasteiger partial charge in [-0.25, -0.2) is 0 Å². The van der Waals surface area contributed by atoms with E-state index in [1.165, 1.54) is 0 Å². The van der Waals surface area contributed by atoms with Crippen molar-refractivity contribution in [3.63, 3.8) is 0 Å². The van der Waals surface area contributed by atoms with Crippen molar-refractivity contribution >= 4 is 92.0 Å². The molecule has 0 aliphatic heterocycles. The Kier molecular flexibility index (Phi) is 121. The van der Waals surface area contributed by atoms with Crippen molar-refractivity contribution in [2.24, 2.45) is 0 Å². The van der Waals surface area contributed by atoms with Crippen LogP contribution in [0.4, 0.5) is 0 Å². The largest absolute Gasteiger partial charge is 2.00 e. The molecule has 0 bridgehead atoms. The van der Waals surface area contributed by atoms with Crippen LogP contribution in [0.5, 0.6) is 0 Å². The van der Waals surface area contributed by atoms with Gasteiger partial charge in [0.1, 0.15) is 0 Å². The first kappa shape index (κ1) is 28.7. The summed E-state index contributed by atoms with van der Waals surface area (Å²) in [6.07, 6.45) is 0. The first-order valence-corrected chi connectivity index (χ1v) is 0. The summed E-state index contributed by atoms with van der Waals surface area (Å²) >= 11 is 0. The minimum Gasteiger partial charge on any atom is -2.00 e. The van der Waals surface area contributed by atoms with Crippen molar-refractivity contribution in [3.8, 4) is 0 Å². The molecule has 0 aromatic heterocycles. The molecule has 2 radical (unpaired) electrons. The Morgan fingerprint density at radius 1 is 0.750 bits per heavy atom. The molecule has 0 fully saturated rings. The van der Waals surface area contributed by atoms with Gasteiger partial charge in [-0.2, -0.15) is 0 Å². The van der Waals surface area contributed by atoms with E-state index < -0.39 is 0 Å². The molecule has 0 aromatic rings. The fourth-order valence-corrected chi connectivity index (χ4v) is 0. The van der Waals surface area contributed by atoms with E-state index in [0.717, 1.165) is 0 Å². The normalized spacial score (nSPS) is 0. The first-order chi connectivity index (χ1) is 0. The smallest absolute Gasteiger partial charge is 2.00 e. The zero-order valence-electron chi connectivity index (χ0n) is 2.02. The molecule has 4 heavy (non-hydrogen) atoms. The minimum atomic E-state index is 0. The van der Waals surface area contributed by atoms with Crippen LogP contribution in [0.25, 0.3) is 0 Å². The number of hydrogen-bond acceptors (Lipinski definition) is 0. The molecule has 0 N–H and O–H groups in total. The van der Waals surface area contributed by atoms with Gasteiger partial charge in [-0.1, -0.05) is 0 Å². The maximum atomic E-state index is 0. The third kappa shape index (κ3) is 8.86. The summed E-state index contributed by atoms with van der Waals surface area (Å²) in [5.74, 6) is 0. The molecule has 0 saturated heterocycles. The average molecular weight is 311 g/mol. The van der Waals surface area contributed by atoms with E-state index in [9.17, 15) is 0 Å². The molecule has 0 spiro atoms. The summed E-state index contributed by atoms with van der Waals surface area (Å²) in [5, 5.41) is 0. The van der Waals surface area contributed by atoms with Gasteiger partial charge in [0, 0.05) is 0 Å². The van der Waals surface area contributed by atoms with Crippen molar-refractivity contribution < 1.29 is 0 Å². The van der Waals surface area contributed by atoms with Gasteiger partial charge in [0.2, 0.25) is 0 Å². The molecular weight excluding hydrogens is 311 g/mol. The van der Waals surface area contributed by atoms with Crippen LogP contribution in [-0.4, -0.2) is 65.0 Å². The van der Waals surface area contributed by atoms with E-state index in [2.05, 4.69) is 0 Å². The van der Waals surface area contributed by atoms with Crippen LogP contribution >= 0.6 is 0 Å². The molecule has 0 aromatic carbocycles. The van der Waals surface area contributed by atoms with Gasteiger partial charge in [-0.05, 0) is 0 Å². The third-order valence-electron chi connectivity index (χ3n) is 0. The van der Waals surface area contributed by atoms with Crippen molar-refractivity contribution in [1.29, 1.82) is 0 Å². The van der Waals surface area contributed by atoms with Crippen LogP contribution in [-0.2, 0) is 27.0 Å². The van der Waals surface area contributed by atoms with Crippen molar-refractivity contribution in [3.05, 3.63) is 0 Å². The Morgan fingerprint density at radius 2 is 0.750 bits per heavy atom. The molecule has 0 saturated carbocycles. The van der Waals surface area contributed by atoms with E-state index in [0.29, 0.717) is 0 Å². The van der Waals surface area contributed by atoms with Gasteiger partial charge in [0.25, 0.3) is 0 Å².